The van der Waals surface area contributed by atoms with Crippen molar-refractivity contribution in [2.45, 2.75) is 39.0 Å². The van der Waals surface area contributed by atoms with Gasteiger partial charge in [-0.3, -0.25) is 4.79 Å². The second kappa shape index (κ2) is 6.59. The summed E-state index contributed by atoms with van der Waals surface area (Å²) in [4.78, 5) is 22.5. The zero-order chi connectivity index (χ0) is 14.5. The molecule has 0 aliphatic heterocycles. The van der Waals surface area contributed by atoms with Crippen molar-refractivity contribution in [2.24, 2.45) is 11.8 Å². The fourth-order valence-electron chi connectivity index (χ4n) is 2.66. The second-order valence-electron chi connectivity index (χ2n) is 5.68. The number of hydrogen-bond donors (Lipinski definition) is 2. The largest absolute Gasteiger partial charge is 0.478 e. The monoisotopic (exact) mass is 279 g/mol. The summed E-state index contributed by atoms with van der Waals surface area (Å²) in [6.07, 6.45) is 7.09. The molecule has 0 bridgehead atoms. The van der Waals surface area contributed by atoms with E-state index in [2.05, 4.69) is 12.2 Å². The van der Waals surface area contributed by atoms with Crippen LogP contribution in [0, 0.1) is 11.8 Å². The van der Waals surface area contributed by atoms with Crippen LogP contribution in [0.3, 0.4) is 0 Å². The van der Waals surface area contributed by atoms with Crippen LogP contribution in [0.4, 0.5) is 0 Å². The minimum Gasteiger partial charge on any atom is -0.478 e. The molecular weight excluding hydrogens is 258 g/mol. The van der Waals surface area contributed by atoms with Gasteiger partial charge in [0.05, 0.1) is 5.56 Å². The lowest BCUT2D eigenvalue weighted by Gasteiger charge is -2.25. The fraction of sp³-hybridized carbons (Fsp3) is 0.600. The Hall–Kier alpha value is -1.78. The van der Waals surface area contributed by atoms with E-state index in [1.165, 1.54) is 31.7 Å². The van der Waals surface area contributed by atoms with Gasteiger partial charge in [-0.25, -0.2) is 4.79 Å². The lowest BCUT2D eigenvalue weighted by Crippen LogP contribution is -2.26. The lowest BCUT2D eigenvalue weighted by molar-refractivity contribution is 0.0696. The molecule has 2 rings (SSSR count). The third-order valence-corrected chi connectivity index (χ3v) is 4.04. The van der Waals surface area contributed by atoms with Gasteiger partial charge in [0.1, 0.15) is 6.26 Å². The van der Waals surface area contributed by atoms with E-state index in [1.54, 1.807) is 0 Å². The van der Waals surface area contributed by atoms with Crippen LogP contribution >= 0.6 is 0 Å². The van der Waals surface area contributed by atoms with Crippen LogP contribution in [-0.2, 0) is 0 Å². The molecule has 1 aliphatic rings. The highest BCUT2D eigenvalue weighted by molar-refractivity contribution is 5.95. The number of carbonyl (C=O) groups excluding carboxylic acids is 1. The molecule has 1 aromatic heterocycles. The van der Waals surface area contributed by atoms with Crippen LogP contribution < -0.4 is 5.32 Å². The SMILES string of the molecule is CC1CCC(CCNC(=O)c2cc(C(=O)O)co2)CC1. The Labute approximate surface area is 118 Å². The molecule has 0 spiro atoms. The maximum atomic E-state index is 11.8. The summed E-state index contributed by atoms with van der Waals surface area (Å²) >= 11 is 0. The maximum absolute atomic E-state index is 11.8. The molecule has 0 saturated heterocycles. The molecule has 0 atom stereocenters. The maximum Gasteiger partial charge on any atom is 0.338 e. The molecule has 0 aromatic carbocycles. The molecule has 5 nitrogen and oxygen atoms in total. The summed E-state index contributed by atoms with van der Waals surface area (Å²) in [6.45, 7) is 2.90. The van der Waals surface area contributed by atoms with Crippen LogP contribution in [0.2, 0.25) is 0 Å². The fourth-order valence-corrected chi connectivity index (χ4v) is 2.66. The number of carboxylic acid groups (broad SMARTS) is 1. The molecule has 5 heteroatoms. The van der Waals surface area contributed by atoms with E-state index < -0.39 is 5.97 Å². The van der Waals surface area contributed by atoms with Crippen LogP contribution in [0.25, 0.3) is 0 Å². The van der Waals surface area contributed by atoms with Crippen LogP contribution in [0.15, 0.2) is 16.7 Å². The minimum absolute atomic E-state index is 0.00332. The van der Waals surface area contributed by atoms with Gasteiger partial charge in [-0.05, 0) is 18.3 Å². The van der Waals surface area contributed by atoms with Crippen LogP contribution in [-0.4, -0.2) is 23.5 Å². The molecule has 1 aromatic rings. The van der Waals surface area contributed by atoms with Gasteiger partial charge < -0.3 is 14.8 Å². The lowest BCUT2D eigenvalue weighted by atomic mass is 9.81. The van der Waals surface area contributed by atoms with Gasteiger partial charge in [0.2, 0.25) is 0 Å². The van der Waals surface area contributed by atoms with E-state index in [4.69, 9.17) is 9.52 Å². The molecule has 0 radical (unpaired) electrons. The zero-order valence-corrected chi connectivity index (χ0v) is 11.7. The van der Waals surface area contributed by atoms with Crippen molar-refractivity contribution in [3.8, 4) is 0 Å². The van der Waals surface area contributed by atoms with Gasteiger partial charge in [0.15, 0.2) is 5.76 Å². The predicted octanol–water partition coefficient (Wildman–Crippen LogP) is 2.92. The first-order valence-corrected chi connectivity index (χ1v) is 7.16. The number of furan rings is 1. The molecule has 0 unspecified atom stereocenters. The van der Waals surface area contributed by atoms with Crippen LogP contribution in [0.5, 0.6) is 0 Å². The van der Waals surface area contributed by atoms with Gasteiger partial charge in [-0.1, -0.05) is 32.6 Å². The topological polar surface area (TPSA) is 79.5 Å². The van der Waals surface area contributed by atoms with Gasteiger partial charge in [-0.2, -0.15) is 0 Å². The molecule has 1 fully saturated rings. The summed E-state index contributed by atoms with van der Waals surface area (Å²) in [7, 11) is 0. The highest BCUT2D eigenvalue weighted by atomic mass is 16.4. The summed E-state index contributed by atoms with van der Waals surface area (Å²) in [6, 6.07) is 1.25. The van der Waals surface area contributed by atoms with Crippen molar-refractivity contribution in [3.05, 3.63) is 23.7 Å². The van der Waals surface area contributed by atoms with Crippen molar-refractivity contribution >= 4 is 11.9 Å². The average Bonchev–Trinajstić information content (AvgIpc) is 2.91. The number of carbonyl (C=O) groups is 2. The molecule has 1 aliphatic carbocycles. The molecule has 1 saturated carbocycles. The molecule has 1 amide bonds. The van der Waals surface area contributed by atoms with Crippen molar-refractivity contribution in [1.82, 2.24) is 5.32 Å². The first kappa shape index (κ1) is 14.6. The van der Waals surface area contributed by atoms with E-state index in [-0.39, 0.29) is 17.2 Å². The second-order valence-corrected chi connectivity index (χ2v) is 5.68. The number of hydrogen-bond acceptors (Lipinski definition) is 3. The molecule has 2 N–H and O–H groups in total. The Balaban J connectivity index is 1.73. The van der Waals surface area contributed by atoms with Crippen molar-refractivity contribution < 1.29 is 19.1 Å². The molecule has 20 heavy (non-hydrogen) atoms. The summed E-state index contributed by atoms with van der Waals surface area (Å²) < 4.78 is 4.95. The Morgan fingerprint density at radius 3 is 2.65 bits per heavy atom. The Morgan fingerprint density at radius 1 is 1.35 bits per heavy atom. The van der Waals surface area contributed by atoms with Gasteiger partial charge in [0, 0.05) is 12.6 Å². The highest BCUT2D eigenvalue weighted by Gasteiger charge is 2.19. The average molecular weight is 279 g/mol. The zero-order valence-electron chi connectivity index (χ0n) is 11.7. The first-order valence-electron chi connectivity index (χ1n) is 7.16. The summed E-state index contributed by atoms with van der Waals surface area (Å²) in [5.41, 5.74) is -0.00332. The van der Waals surface area contributed by atoms with Crippen molar-refractivity contribution in [3.63, 3.8) is 0 Å². The molecular formula is C15H21NO4. The smallest absolute Gasteiger partial charge is 0.338 e. The van der Waals surface area contributed by atoms with Gasteiger partial charge in [0.25, 0.3) is 5.91 Å². The van der Waals surface area contributed by atoms with E-state index in [9.17, 15) is 9.59 Å². The number of amides is 1. The van der Waals surface area contributed by atoms with E-state index >= 15 is 0 Å². The predicted molar refractivity (Wildman–Crippen MR) is 73.7 cm³/mol. The van der Waals surface area contributed by atoms with Gasteiger partial charge in [-0.15, -0.1) is 0 Å². The number of aromatic carboxylic acids is 1. The van der Waals surface area contributed by atoms with E-state index in [0.29, 0.717) is 12.5 Å². The van der Waals surface area contributed by atoms with Crippen LogP contribution in [0.1, 0.15) is 59.9 Å². The third kappa shape index (κ3) is 3.85. The molecule has 1 heterocycles. The summed E-state index contributed by atoms with van der Waals surface area (Å²) in [5.74, 6) is 0.140. The number of rotatable bonds is 5. The van der Waals surface area contributed by atoms with E-state index in [0.717, 1.165) is 18.6 Å². The minimum atomic E-state index is -1.09. The van der Waals surface area contributed by atoms with Crippen molar-refractivity contribution in [1.29, 1.82) is 0 Å². The normalized spacial score (nSPS) is 22.4. The first-order chi connectivity index (χ1) is 9.56. The summed E-state index contributed by atoms with van der Waals surface area (Å²) in [5, 5.41) is 11.5. The third-order valence-electron chi connectivity index (χ3n) is 4.04. The Morgan fingerprint density at radius 2 is 2.05 bits per heavy atom. The van der Waals surface area contributed by atoms with Crippen molar-refractivity contribution in [2.75, 3.05) is 6.54 Å². The number of carboxylic acids is 1. The molecule has 110 valence electrons. The van der Waals surface area contributed by atoms with E-state index in [1.807, 2.05) is 0 Å². The quantitative estimate of drug-likeness (QED) is 0.868. The van der Waals surface area contributed by atoms with Gasteiger partial charge >= 0.3 is 5.97 Å². The Bertz CT molecular complexity index is 472. The highest BCUT2D eigenvalue weighted by Crippen LogP contribution is 2.29. The Kier molecular flexibility index (Phi) is 4.82. The number of nitrogens with one attached hydrogen (secondary N) is 1. The standard InChI is InChI=1S/C15H21NO4/c1-10-2-4-11(5-3-10)6-7-16-14(17)13-8-12(9-20-13)15(18)19/h8-11H,2-7H2,1H3,(H,16,17)(H,18,19).